The molecule has 18 heavy (non-hydrogen) atoms. The lowest BCUT2D eigenvalue weighted by atomic mass is 10.2. The fraction of sp³-hybridized carbons (Fsp3) is 0.600. The zero-order valence-corrected chi connectivity index (χ0v) is 11.5. The van der Waals surface area contributed by atoms with Crippen LogP contribution < -0.4 is 5.73 Å². The highest BCUT2D eigenvalue weighted by Crippen LogP contribution is 2.05. The molecule has 0 aliphatic heterocycles. The van der Waals surface area contributed by atoms with Gasteiger partial charge in [0.2, 0.25) is 0 Å². The van der Waals surface area contributed by atoms with E-state index in [9.17, 15) is 0 Å². The SMILES string of the molecule is CCOCCCN(CCCN)Cc1ccccc1. The molecular formula is C15H26N2O. The Morgan fingerprint density at radius 3 is 2.50 bits per heavy atom. The maximum atomic E-state index is 5.60. The van der Waals surface area contributed by atoms with Crippen molar-refractivity contribution in [2.45, 2.75) is 26.3 Å². The van der Waals surface area contributed by atoms with Gasteiger partial charge in [0, 0.05) is 26.3 Å². The first-order valence-electron chi connectivity index (χ1n) is 6.91. The molecule has 1 aromatic carbocycles. The highest BCUT2D eigenvalue weighted by Gasteiger charge is 2.05. The second-order valence-electron chi connectivity index (χ2n) is 4.45. The lowest BCUT2D eigenvalue weighted by Gasteiger charge is -2.22. The Labute approximate surface area is 111 Å². The molecule has 0 aliphatic carbocycles. The third kappa shape index (κ3) is 6.74. The van der Waals surface area contributed by atoms with Gasteiger partial charge in [-0.15, -0.1) is 0 Å². The van der Waals surface area contributed by atoms with E-state index in [0.717, 1.165) is 52.2 Å². The molecule has 3 nitrogen and oxygen atoms in total. The Hall–Kier alpha value is -0.900. The van der Waals surface area contributed by atoms with Crippen LogP contribution in [0.4, 0.5) is 0 Å². The van der Waals surface area contributed by atoms with E-state index in [1.165, 1.54) is 5.56 Å². The van der Waals surface area contributed by atoms with E-state index in [1.807, 2.05) is 6.92 Å². The van der Waals surface area contributed by atoms with Crippen LogP contribution in [0.2, 0.25) is 0 Å². The van der Waals surface area contributed by atoms with Crippen molar-refractivity contribution in [3.05, 3.63) is 35.9 Å². The summed E-state index contributed by atoms with van der Waals surface area (Å²) in [4.78, 5) is 2.46. The monoisotopic (exact) mass is 250 g/mol. The number of nitrogens with zero attached hydrogens (tertiary/aromatic N) is 1. The van der Waals surface area contributed by atoms with Crippen molar-refractivity contribution in [3.63, 3.8) is 0 Å². The topological polar surface area (TPSA) is 38.5 Å². The first kappa shape index (κ1) is 15.2. The second kappa shape index (κ2) is 10.1. The summed E-state index contributed by atoms with van der Waals surface area (Å²) in [6.45, 7) is 7.61. The molecule has 0 unspecified atom stereocenters. The molecule has 3 heteroatoms. The summed E-state index contributed by atoms with van der Waals surface area (Å²) in [6.07, 6.45) is 2.15. The standard InChI is InChI=1S/C15H26N2O/c1-2-18-13-7-12-17(11-6-10-16)14-15-8-4-3-5-9-15/h3-5,8-9H,2,6-7,10-14,16H2,1H3. The molecule has 0 atom stereocenters. The number of nitrogens with two attached hydrogens (primary N) is 1. The van der Waals surface area contributed by atoms with Crippen LogP contribution in [0.3, 0.4) is 0 Å². The summed E-state index contributed by atoms with van der Waals surface area (Å²) in [5, 5.41) is 0. The molecule has 0 bridgehead atoms. The van der Waals surface area contributed by atoms with Crippen molar-refractivity contribution < 1.29 is 4.74 Å². The summed E-state index contributed by atoms with van der Waals surface area (Å²) in [5.41, 5.74) is 6.96. The van der Waals surface area contributed by atoms with Crippen LogP contribution in [0.15, 0.2) is 30.3 Å². The smallest absolute Gasteiger partial charge is 0.0478 e. The van der Waals surface area contributed by atoms with Crippen LogP contribution >= 0.6 is 0 Å². The van der Waals surface area contributed by atoms with E-state index in [4.69, 9.17) is 10.5 Å². The molecule has 1 aromatic rings. The predicted octanol–water partition coefficient (Wildman–Crippen LogP) is 2.26. The van der Waals surface area contributed by atoms with E-state index in [-0.39, 0.29) is 0 Å². The van der Waals surface area contributed by atoms with Crippen molar-refractivity contribution in [1.82, 2.24) is 4.90 Å². The molecule has 0 saturated heterocycles. The Kier molecular flexibility index (Phi) is 8.47. The molecule has 0 spiro atoms. The lowest BCUT2D eigenvalue weighted by molar-refractivity contribution is 0.130. The van der Waals surface area contributed by atoms with Gasteiger partial charge in [-0.25, -0.2) is 0 Å². The average molecular weight is 250 g/mol. The number of rotatable bonds is 10. The average Bonchev–Trinajstić information content (AvgIpc) is 2.41. The van der Waals surface area contributed by atoms with Crippen molar-refractivity contribution >= 4 is 0 Å². The van der Waals surface area contributed by atoms with E-state index in [2.05, 4.69) is 35.2 Å². The first-order valence-corrected chi connectivity index (χ1v) is 6.91. The number of hydrogen-bond donors (Lipinski definition) is 1. The largest absolute Gasteiger partial charge is 0.382 e. The molecule has 0 fully saturated rings. The Bertz CT molecular complexity index is 290. The van der Waals surface area contributed by atoms with Gasteiger partial charge < -0.3 is 10.5 Å². The van der Waals surface area contributed by atoms with Crippen molar-refractivity contribution in [2.24, 2.45) is 5.73 Å². The van der Waals surface area contributed by atoms with Gasteiger partial charge in [0.1, 0.15) is 0 Å². The van der Waals surface area contributed by atoms with E-state index >= 15 is 0 Å². The van der Waals surface area contributed by atoms with Gasteiger partial charge in [-0.1, -0.05) is 30.3 Å². The molecule has 0 heterocycles. The minimum Gasteiger partial charge on any atom is -0.382 e. The minimum absolute atomic E-state index is 0.761. The fourth-order valence-corrected chi connectivity index (χ4v) is 1.96. The molecular weight excluding hydrogens is 224 g/mol. The summed E-state index contributed by atoms with van der Waals surface area (Å²) in [6, 6.07) is 10.6. The minimum atomic E-state index is 0.761. The van der Waals surface area contributed by atoms with E-state index in [1.54, 1.807) is 0 Å². The maximum absolute atomic E-state index is 5.60. The third-order valence-corrected chi connectivity index (χ3v) is 2.89. The molecule has 2 N–H and O–H groups in total. The van der Waals surface area contributed by atoms with Crippen LogP contribution in [0, 0.1) is 0 Å². The Morgan fingerprint density at radius 2 is 1.83 bits per heavy atom. The zero-order valence-electron chi connectivity index (χ0n) is 11.5. The van der Waals surface area contributed by atoms with Gasteiger partial charge in [-0.05, 0) is 38.4 Å². The lowest BCUT2D eigenvalue weighted by Crippen LogP contribution is -2.27. The highest BCUT2D eigenvalue weighted by atomic mass is 16.5. The Balaban J connectivity index is 2.35. The van der Waals surface area contributed by atoms with Crippen LogP contribution in [-0.2, 0) is 11.3 Å². The zero-order chi connectivity index (χ0) is 13.1. The van der Waals surface area contributed by atoms with Gasteiger partial charge >= 0.3 is 0 Å². The Morgan fingerprint density at radius 1 is 1.11 bits per heavy atom. The third-order valence-electron chi connectivity index (χ3n) is 2.89. The van der Waals surface area contributed by atoms with Gasteiger partial charge in [0.05, 0.1) is 0 Å². The molecule has 102 valence electrons. The van der Waals surface area contributed by atoms with Crippen LogP contribution in [0.25, 0.3) is 0 Å². The number of ether oxygens (including phenoxy) is 1. The summed E-state index contributed by atoms with van der Waals surface area (Å²) >= 11 is 0. The maximum Gasteiger partial charge on any atom is 0.0478 e. The van der Waals surface area contributed by atoms with Crippen LogP contribution in [-0.4, -0.2) is 37.7 Å². The van der Waals surface area contributed by atoms with Crippen LogP contribution in [0.5, 0.6) is 0 Å². The van der Waals surface area contributed by atoms with Crippen molar-refractivity contribution in [2.75, 3.05) is 32.8 Å². The first-order chi connectivity index (χ1) is 8.86. The highest BCUT2D eigenvalue weighted by molar-refractivity contribution is 5.14. The normalized spacial score (nSPS) is 11.1. The molecule has 1 rings (SSSR count). The molecule has 0 aliphatic rings. The molecule has 0 radical (unpaired) electrons. The van der Waals surface area contributed by atoms with Gasteiger partial charge in [0.25, 0.3) is 0 Å². The second-order valence-corrected chi connectivity index (χ2v) is 4.45. The number of hydrogen-bond acceptors (Lipinski definition) is 3. The number of benzene rings is 1. The predicted molar refractivity (Wildman–Crippen MR) is 76.5 cm³/mol. The quantitative estimate of drug-likeness (QED) is 0.647. The van der Waals surface area contributed by atoms with Crippen molar-refractivity contribution in [3.8, 4) is 0 Å². The van der Waals surface area contributed by atoms with Crippen molar-refractivity contribution in [1.29, 1.82) is 0 Å². The van der Waals surface area contributed by atoms with E-state index < -0.39 is 0 Å². The summed E-state index contributed by atoms with van der Waals surface area (Å²) in [5.74, 6) is 0. The molecule has 0 saturated carbocycles. The van der Waals surface area contributed by atoms with Gasteiger partial charge in [-0.3, -0.25) is 4.90 Å². The molecule has 0 aromatic heterocycles. The molecule has 0 amide bonds. The van der Waals surface area contributed by atoms with E-state index in [0.29, 0.717) is 0 Å². The van der Waals surface area contributed by atoms with Crippen LogP contribution in [0.1, 0.15) is 25.3 Å². The van der Waals surface area contributed by atoms with Gasteiger partial charge in [-0.2, -0.15) is 0 Å². The van der Waals surface area contributed by atoms with Gasteiger partial charge in [0.15, 0.2) is 0 Å². The summed E-state index contributed by atoms with van der Waals surface area (Å²) < 4.78 is 5.39. The fourth-order valence-electron chi connectivity index (χ4n) is 1.96. The summed E-state index contributed by atoms with van der Waals surface area (Å²) in [7, 11) is 0.